The van der Waals surface area contributed by atoms with Crippen molar-refractivity contribution in [2.24, 2.45) is 5.73 Å². The van der Waals surface area contributed by atoms with Crippen molar-refractivity contribution in [3.8, 4) is 0 Å². The highest BCUT2D eigenvalue weighted by Gasteiger charge is 2.10. The van der Waals surface area contributed by atoms with Gasteiger partial charge in [-0.1, -0.05) is 24.3 Å². The van der Waals surface area contributed by atoms with Gasteiger partial charge in [-0.2, -0.15) is 0 Å². The SMILES string of the molecule is COC(C)Cc1ccc(C(N)CC(=O)O)cc1. The number of carboxylic acids is 1. The van der Waals surface area contributed by atoms with Crippen molar-refractivity contribution in [2.75, 3.05) is 7.11 Å². The zero-order valence-corrected chi connectivity index (χ0v) is 10.2. The lowest BCUT2D eigenvalue weighted by Crippen LogP contribution is -2.15. The summed E-state index contributed by atoms with van der Waals surface area (Å²) in [6.45, 7) is 2.00. The van der Waals surface area contributed by atoms with Gasteiger partial charge in [-0.25, -0.2) is 0 Å². The first-order valence-electron chi connectivity index (χ1n) is 5.62. The maximum Gasteiger partial charge on any atom is 0.305 e. The molecule has 1 rings (SSSR count). The molecule has 0 aliphatic rings. The van der Waals surface area contributed by atoms with Crippen LogP contribution in [0.4, 0.5) is 0 Å². The van der Waals surface area contributed by atoms with Gasteiger partial charge in [-0.15, -0.1) is 0 Å². The van der Waals surface area contributed by atoms with Gasteiger partial charge in [0.05, 0.1) is 12.5 Å². The van der Waals surface area contributed by atoms with E-state index in [0.29, 0.717) is 0 Å². The van der Waals surface area contributed by atoms with Crippen LogP contribution in [0, 0.1) is 0 Å². The first-order chi connectivity index (χ1) is 8.02. The second kappa shape index (κ2) is 6.37. The molecule has 0 spiro atoms. The number of methoxy groups -OCH3 is 1. The van der Waals surface area contributed by atoms with Crippen LogP contribution in [-0.2, 0) is 16.0 Å². The quantitative estimate of drug-likeness (QED) is 0.790. The Morgan fingerprint density at radius 1 is 1.41 bits per heavy atom. The number of carboxylic acid groups (broad SMARTS) is 1. The van der Waals surface area contributed by atoms with E-state index in [9.17, 15) is 4.79 Å². The van der Waals surface area contributed by atoms with E-state index in [2.05, 4.69) is 0 Å². The molecule has 4 nitrogen and oxygen atoms in total. The average molecular weight is 237 g/mol. The van der Waals surface area contributed by atoms with Crippen molar-refractivity contribution in [3.05, 3.63) is 35.4 Å². The second-order valence-corrected chi connectivity index (χ2v) is 4.20. The van der Waals surface area contributed by atoms with Crippen molar-refractivity contribution >= 4 is 5.97 Å². The van der Waals surface area contributed by atoms with Gasteiger partial charge in [0.1, 0.15) is 0 Å². The second-order valence-electron chi connectivity index (χ2n) is 4.20. The standard InChI is InChI=1S/C13H19NO3/c1-9(17-2)7-10-3-5-11(6-4-10)12(14)8-13(15)16/h3-6,9,12H,7-8,14H2,1-2H3,(H,15,16). The predicted molar refractivity (Wildman–Crippen MR) is 65.8 cm³/mol. The minimum atomic E-state index is -0.880. The smallest absolute Gasteiger partial charge is 0.305 e. The molecule has 0 aliphatic carbocycles. The highest BCUT2D eigenvalue weighted by atomic mass is 16.5. The van der Waals surface area contributed by atoms with Gasteiger partial charge in [0.25, 0.3) is 0 Å². The zero-order chi connectivity index (χ0) is 12.8. The Labute approximate surface area is 101 Å². The van der Waals surface area contributed by atoms with E-state index in [1.54, 1.807) is 7.11 Å². The number of carbonyl (C=O) groups is 1. The largest absolute Gasteiger partial charge is 0.481 e. The zero-order valence-electron chi connectivity index (χ0n) is 10.2. The topological polar surface area (TPSA) is 72.5 Å². The van der Waals surface area contributed by atoms with E-state index >= 15 is 0 Å². The monoisotopic (exact) mass is 237 g/mol. The molecule has 0 fully saturated rings. The van der Waals surface area contributed by atoms with E-state index < -0.39 is 12.0 Å². The Balaban J connectivity index is 2.64. The van der Waals surface area contributed by atoms with Crippen molar-refractivity contribution < 1.29 is 14.6 Å². The molecule has 1 aromatic rings. The maximum absolute atomic E-state index is 10.5. The molecule has 17 heavy (non-hydrogen) atoms. The van der Waals surface area contributed by atoms with Crippen molar-refractivity contribution in [3.63, 3.8) is 0 Å². The van der Waals surface area contributed by atoms with Crippen LogP contribution in [0.2, 0.25) is 0 Å². The molecule has 0 aromatic heterocycles. The van der Waals surface area contributed by atoms with E-state index in [1.165, 1.54) is 0 Å². The van der Waals surface area contributed by atoms with Gasteiger partial charge < -0.3 is 15.6 Å². The highest BCUT2D eigenvalue weighted by Crippen LogP contribution is 2.16. The first kappa shape index (κ1) is 13.7. The molecule has 3 N–H and O–H groups in total. The number of nitrogens with two attached hydrogens (primary N) is 1. The normalized spacial score (nSPS) is 14.3. The fraction of sp³-hybridized carbons (Fsp3) is 0.462. The van der Waals surface area contributed by atoms with Crippen molar-refractivity contribution in [1.82, 2.24) is 0 Å². The lowest BCUT2D eigenvalue weighted by atomic mass is 10.0. The molecular formula is C13H19NO3. The number of hydrogen-bond donors (Lipinski definition) is 2. The van der Waals surface area contributed by atoms with Gasteiger partial charge in [0.15, 0.2) is 0 Å². The van der Waals surface area contributed by atoms with Crippen LogP contribution in [0.5, 0.6) is 0 Å². The van der Waals surface area contributed by atoms with Gasteiger partial charge >= 0.3 is 5.97 Å². The van der Waals surface area contributed by atoms with E-state index in [4.69, 9.17) is 15.6 Å². The maximum atomic E-state index is 10.5. The van der Waals surface area contributed by atoms with Crippen LogP contribution >= 0.6 is 0 Å². The third-order valence-corrected chi connectivity index (χ3v) is 2.73. The summed E-state index contributed by atoms with van der Waals surface area (Å²) in [7, 11) is 1.68. The summed E-state index contributed by atoms with van der Waals surface area (Å²) in [6.07, 6.45) is 0.965. The summed E-state index contributed by atoms with van der Waals surface area (Å²) in [5.41, 5.74) is 7.77. The van der Waals surface area contributed by atoms with Crippen LogP contribution in [-0.4, -0.2) is 24.3 Å². The van der Waals surface area contributed by atoms with Crippen LogP contribution in [0.25, 0.3) is 0 Å². The summed E-state index contributed by atoms with van der Waals surface area (Å²) in [6, 6.07) is 7.25. The van der Waals surface area contributed by atoms with Gasteiger partial charge in [-0.3, -0.25) is 4.79 Å². The fourth-order valence-electron chi connectivity index (χ4n) is 1.62. The van der Waals surface area contributed by atoms with Gasteiger partial charge in [0.2, 0.25) is 0 Å². The summed E-state index contributed by atoms with van der Waals surface area (Å²) in [4.78, 5) is 10.5. The Morgan fingerprint density at radius 3 is 2.47 bits per heavy atom. The molecule has 0 amide bonds. The molecule has 0 heterocycles. The van der Waals surface area contributed by atoms with Gasteiger partial charge in [-0.05, 0) is 24.5 Å². The Bertz CT molecular complexity index is 361. The molecule has 0 aliphatic heterocycles. The molecule has 2 unspecified atom stereocenters. The third-order valence-electron chi connectivity index (χ3n) is 2.73. The Hall–Kier alpha value is -1.39. The van der Waals surface area contributed by atoms with Crippen LogP contribution in [0.1, 0.15) is 30.5 Å². The number of rotatable bonds is 6. The Kier molecular flexibility index (Phi) is 5.12. The van der Waals surface area contributed by atoms with Crippen LogP contribution < -0.4 is 5.73 Å². The molecule has 1 aromatic carbocycles. The molecule has 2 atom stereocenters. The lowest BCUT2D eigenvalue weighted by Gasteiger charge is -2.12. The van der Waals surface area contributed by atoms with Crippen molar-refractivity contribution in [2.45, 2.75) is 31.9 Å². The lowest BCUT2D eigenvalue weighted by molar-refractivity contribution is -0.137. The summed E-state index contributed by atoms with van der Waals surface area (Å²) in [5.74, 6) is -0.880. The van der Waals surface area contributed by atoms with Crippen molar-refractivity contribution in [1.29, 1.82) is 0 Å². The molecule has 0 bridgehead atoms. The molecular weight excluding hydrogens is 218 g/mol. The van der Waals surface area contributed by atoms with E-state index in [-0.39, 0.29) is 12.5 Å². The summed E-state index contributed by atoms with van der Waals surface area (Å²) >= 11 is 0. The fourth-order valence-corrected chi connectivity index (χ4v) is 1.62. The van der Waals surface area contributed by atoms with E-state index in [0.717, 1.165) is 17.5 Å². The number of hydrogen-bond acceptors (Lipinski definition) is 3. The number of aliphatic carboxylic acids is 1. The van der Waals surface area contributed by atoms with Crippen LogP contribution in [0.3, 0.4) is 0 Å². The average Bonchev–Trinajstić information content (AvgIpc) is 2.28. The molecule has 0 saturated carbocycles. The third kappa shape index (κ3) is 4.54. The Morgan fingerprint density at radius 2 is 2.00 bits per heavy atom. The summed E-state index contributed by atoms with van der Waals surface area (Å²) in [5, 5.41) is 8.65. The first-order valence-corrected chi connectivity index (χ1v) is 5.62. The highest BCUT2D eigenvalue weighted by molar-refractivity contribution is 5.67. The minimum Gasteiger partial charge on any atom is -0.481 e. The number of ether oxygens (including phenoxy) is 1. The molecule has 94 valence electrons. The summed E-state index contributed by atoms with van der Waals surface area (Å²) < 4.78 is 5.18. The number of benzene rings is 1. The minimum absolute atomic E-state index is 0.0478. The molecule has 0 saturated heterocycles. The molecule has 0 radical (unpaired) electrons. The molecule has 4 heteroatoms. The predicted octanol–water partition coefficient (Wildman–Crippen LogP) is 1.74. The van der Waals surface area contributed by atoms with Gasteiger partial charge in [0, 0.05) is 13.2 Å². The van der Waals surface area contributed by atoms with Crippen LogP contribution in [0.15, 0.2) is 24.3 Å². The van der Waals surface area contributed by atoms with E-state index in [1.807, 2.05) is 31.2 Å².